The lowest BCUT2D eigenvalue weighted by molar-refractivity contribution is -0.121. The monoisotopic (exact) mass is 318 g/mol. The fourth-order valence-electron chi connectivity index (χ4n) is 2.52. The van der Waals surface area contributed by atoms with Gasteiger partial charge in [0.05, 0.1) is 6.54 Å². The number of nitrogens with zero attached hydrogens (tertiary/aromatic N) is 1. The van der Waals surface area contributed by atoms with Gasteiger partial charge in [-0.05, 0) is 45.1 Å². The first-order chi connectivity index (χ1) is 9.67. The Hall–Kier alpha value is -0.850. The lowest BCUT2D eigenvalue weighted by Crippen LogP contribution is -2.48. The van der Waals surface area contributed by atoms with E-state index in [0.29, 0.717) is 19.1 Å². The molecule has 0 radical (unpaired) electrons. The SMILES string of the molecule is CCNC(=O)NC(=O)CN1CCC(NCC2CC2)CC1.Cl. The fraction of sp³-hybridized carbons (Fsp3) is 0.857. The Morgan fingerprint density at radius 2 is 1.81 bits per heavy atom. The molecule has 3 amide bonds. The van der Waals surface area contributed by atoms with Gasteiger partial charge >= 0.3 is 6.03 Å². The number of carbonyl (C=O) groups excluding carboxylic acids is 2. The van der Waals surface area contributed by atoms with E-state index in [0.717, 1.165) is 38.4 Å². The van der Waals surface area contributed by atoms with Crippen molar-refractivity contribution in [2.45, 2.75) is 38.6 Å². The number of halogens is 1. The van der Waals surface area contributed by atoms with Gasteiger partial charge < -0.3 is 10.6 Å². The number of urea groups is 1. The largest absolute Gasteiger partial charge is 0.338 e. The Labute approximate surface area is 132 Å². The minimum absolute atomic E-state index is 0. The van der Waals surface area contributed by atoms with Crippen LogP contribution in [0.3, 0.4) is 0 Å². The Kier molecular flexibility index (Phi) is 8.00. The van der Waals surface area contributed by atoms with Gasteiger partial charge in [-0.15, -0.1) is 12.4 Å². The van der Waals surface area contributed by atoms with Crippen molar-refractivity contribution < 1.29 is 9.59 Å². The highest BCUT2D eigenvalue weighted by Gasteiger charge is 2.25. The van der Waals surface area contributed by atoms with Gasteiger partial charge in [-0.3, -0.25) is 15.0 Å². The number of amides is 3. The number of piperidine rings is 1. The number of likely N-dealkylation sites (tertiary alicyclic amines) is 1. The summed E-state index contributed by atoms with van der Waals surface area (Å²) < 4.78 is 0. The molecule has 0 atom stereocenters. The minimum atomic E-state index is -0.404. The van der Waals surface area contributed by atoms with Crippen LogP contribution in [0, 0.1) is 5.92 Å². The molecule has 0 spiro atoms. The molecule has 7 heteroatoms. The van der Waals surface area contributed by atoms with Crippen LogP contribution in [0.1, 0.15) is 32.6 Å². The molecule has 1 aliphatic heterocycles. The molecular weight excluding hydrogens is 292 g/mol. The molecule has 0 unspecified atom stereocenters. The average Bonchev–Trinajstić information content (AvgIpc) is 3.22. The van der Waals surface area contributed by atoms with Gasteiger partial charge in [0.25, 0.3) is 0 Å². The van der Waals surface area contributed by atoms with Crippen molar-refractivity contribution in [1.29, 1.82) is 0 Å². The van der Waals surface area contributed by atoms with Crippen molar-refractivity contribution in [3.63, 3.8) is 0 Å². The number of hydrogen-bond donors (Lipinski definition) is 3. The highest BCUT2D eigenvalue weighted by Crippen LogP contribution is 2.28. The van der Waals surface area contributed by atoms with Crippen molar-refractivity contribution in [3.05, 3.63) is 0 Å². The summed E-state index contributed by atoms with van der Waals surface area (Å²) in [6.07, 6.45) is 4.93. The molecule has 0 aromatic rings. The summed E-state index contributed by atoms with van der Waals surface area (Å²) in [6.45, 7) is 5.66. The van der Waals surface area contributed by atoms with Crippen molar-refractivity contribution in [1.82, 2.24) is 20.9 Å². The quantitative estimate of drug-likeness (QED) is 0.674. The van der Waals surface area contributed by atoms with Crippen LogP contribution in [-0.4, -0.2) is 55.6 Å². The summed E-state index contributed by atoms with van der Waals surface area (Å²) in [6, 6.07) is 0.191. The van der Waals surface area contributed by atoms with Crippen LogP contribution in [0.15, 0.2) is 0 Å². The highest BCUT2D eigenvalue weighted by atomic mass is 35.5. The third kappa shape index (κ3) is 7.11. The molecule has 3 N–H and O–H groups in total. The van der Waals surface area contributed by atoms with Crippen molar-refractivity contribution >= 4 is 24.3 Å². The molecule has 1 saturated heterocycles. The molecule has 122 valence electrons. The molecule has 0 aromatic heterocycles. The number of hydrogen-bond acceptors (Lipinski definition) is 4. The predicted octanol–water partition coefficient (Wildman–Crippen LogP) is 0.718. The molecule has 2 rings (SSSR count). The average molecular weight is 319 g/mol. The molecule has 2 fully saturated rings. The van der Waals surface area contributed by atoms with E-state index in [1.54, 1.807) is 0 Å². The second-order valence-electron chi connectivity index (χ2n) is 5.81. The molecule has 6 nitrogen and oxygen atoms in total. The van der Waals surface area contributed by atoms with E-state index >= 15 is 0 Å². The Morgan fingerprint density at radius 1 is 1.14 bits per heavy atom. The molecule has 21 heavy (non-hydrogen) atoms. The van der Waals surface area contributed by atoms with Gasteiger partial charge in [-0.2, -0.15) is 0 Å². The van der Waals surface area contributed by atoms with Gasteiger partial charge in [0.2, 0.25) is 5.91 Å². The van der Waals surface area contributed by atoms with Gasteiger partial charge in [0, 0.05) is 25.7 Å². The Balaban J connectivity index is 0.00000220. The lowest BCUT2D eigenvalue weighted by atomic mass is 10.0. The van der Waals surface area contributed by atoms with Crippen LogP contribution in [-0.2, 0) is 4.79 Å². The van der Waals surface area contributed by atoms with E-state index in [-0.39, 0.29) is 18.3 Å². The summed E-state index contributed by atoms with van der Waals surface area (Å²) in [5, 5.41) is 8.51. The zero-order chi connectivity index (χ0) is 14.4. The second-order valence-corrected chi connectivity index (χ2v) is 5.81. The van der Waals surface area contributed by atoms with Gasteiger partial charge in [0.1, 0.15) is 0 Å². The third-order valence-corrected chi connectivity index (χ3v) is 3.94. The number of imide groups is 1. The zero-order valence-corrected chi connectivity index (χ0v) is 13.5. The maximum atomic E-state index is 11.7. The normalized spacial score (nSPS) is 19.7. The number of nitrogens with one attached hydrogen (secondary N) is 3. The van der Waals surface area contributed by atoms with Crippen molar-refractivity contribution in [2.75, 3.05) is 32.7 Å². The number of rotatable bonds is 6. The van der Waals surface area contributed by atoms with E-state index in [9.17, 15) is 9.59 Å². The van der Waals surface area contributed by atoms with E-state index in [1.807, 2.05) is 6.92 Å². The maximum absolute atomic E-state index is 11.7. The molecule has 0 bridgehead atoms. The van der Waals surface area contributed by atoms with Crippen LogP contribution in [0.5, 0.6) is 0 Å². The van der Waals surface area contributed by atoms with Crippen LogP contribution in [0.4, 0.5) is 4.79 Å². The van der Waals surface area contributed by atoms with E-state index < -0.39 is 6.03 Å². The zero-order valence-electron chi connectivity index (χ0n) is 12.7. The number of carbonyl (C=O) groups is 2. The summed E-state index contributed by atoms with van der Waals surface area (Å²) >= 11 is 0. The van der Waals surface area contributed by atoms with Crippen LogP contribution < -0.4 is 16.0 Å². The first-order valence-corrected chi connectivity index (χ1v) is 7.70. The first kappa shape index (κ1) is 18.2. The molecular formula is C14H27ClN4O2. The predicted molar refractivity (Wildman–Crippen MR) is 84.7 cm³/mol. The highest BCUT2D eigenvalue weighted by molar-refractivity contribution is 5.95. The van der Waals surface area contributed by atoms with Crippen molar-refractivity contribution in [3.8, 4) is 0 Å². The third-order valence-electron chi connectivity index (χ3n) is 3.94. The van der Waals surface area contributed by atoms with Gasteiger partial charge in [0.15, 0.2) is 0 Å². The van der Waals surface area contributed by atoms with Crippen LogP contribution in [0.2, 0.25) is 0 Å². The van der Waals surface area contributed by atoms with E-state index in [2.05, 4.69) is 20.9 Å². The van der Waals surface area contributed by atoms with Crippen LogP contribution in [0.25, 0.3) is 0 Å². The summed E-state index contributed by atoms with van der Waals surface area (Å²) in [5.41, 5.74) is 0. The van der Waals surface area contributed by atoms with E-state index in [1.165, 1.54) is 12.8 Å². The molecule has 1 saturated carbocycles. The molecule has 1 heterocycles. The Bertz CT molecular complexity index is 342. The topological polar surface area (TPSA) is 73.5 Å². The first-order valence-electron chi connectivity index (χ1n) is 7.70. The van der Waals surface area contributed by atoms with Gasteiger partial charge in [-0.25, -0.2) is 4.79 Å². The Morgan fingerprint density at radius 3 is 2.38 bits per heavy atom. The standard InChI is InChI=1S/C14H26N4O2.ClH/c1-2-15-14(20)17-13(19)10-18-7-5-12(6-8-18)16-9-11-3-4-11;/h11-12,16H,2-10H2,1H3,(H2,15,17,19,20);1H. The minimum Gasteiger partial charge on any atom is -0.338 e. The smallest absolute Gasteiger partial charge is 0.321 e. The lowest BCUT2D eigenvalue weighted by Gasteiger charge is -2.31. The second kappa shape index (κ2) is 9.23. The van der Waals surface area contributed by atoms with E-state index in [4.69, 9.17) is 0 Å². The summed E-state index contributed by atoms with van der Waals surface area (Å²) in [5.74, 6) is 0.691. The van der Waals surface area contributed by atoms with Crippen molar-refractivity contribution in [2.24, 2.45) is 5.92 Å². The van der Waals surface area contributed by atoms with Gasteiger partial charge in [-0.1, -0.05) is 0 Å². The molecule has 1 aliphatic carbocycles. The van der Waals surface area contributed by atoms with Crippen LogP contribution >= 0.6 is 12.4 Å². The summed E-state index contributed by atoms with van der Waals surface area (Å²) in [7, 11) is 0. The molecule has 0 aromatic carbocycles. The molecule has 2 aliphatic rings. The fourth-order valence-corrected chi connectivity index (χ4v) is 2.52. The maximum Gasteiger partial charge on any atom is 0.321 e. The summed E-state index contributed by atoms with van der Waals surface area (Å²) in [4.78, 5) is 25.0.